The molecule has 0 aliphatic rings. The molecule has 0 aromatic rings. The minimum absolute atomic E-state index is 0.331. The Hall–Kier alpha value is -0.530. The van der Waals surface area contributed by atoms with Crippen molar-refractivity contribution < 1.29 is 4.79 Å². The van der Waals surface area contributed by atoms with Crippen molar-refractivity contribution in [1.29, 1.82) is 0 Å². The monoisotopic (exact) mass is 101 g/mol. The lowest BCUT2D eigenvalue weighted by atomic mass is 10.3. The topological polar surface area (TPSA) is 29.1 Å². The molecule has 0 aliphatic heterocycles. The highest BCUT2D eigenvalue weighted by atomic mass is 16.1. The molecule has 2 heteroatoms. The maximum atomic E-state index is 9.66. The standard InChI is InChI=1S/C5H11NO/c1-3-5(2)6-4-7/h4-5H,3H2,1-2H3,(H,6,7)/t5-/m0/s1. The zero-order chi connectivity index (χ0) is 5.70. The molecule has 7 heavy (non-hydrogen) atoms. The van der Waals surface area contributed by atoms with Gasteiger partial charge in [-0.05, 0) is 13.3 Å². The lowest BCUT2D eigenvalue weighted by Gasteiger charge is -2.02. The maximum absolute atomic E-state index is 9.66. The van der Waals surface area contributed by atoms with Crippen LogP contribution in [0.25, 0.3) is 0 Å². The van der Waals surface area contributed by atoms with E-state index in [1.807, 2.05) is 13.8 Å². The summed E-state index contributed by atoms with van der Waals surface area (Å²) in [4.78, 5) is 9.66. The Morgan fingerprint density at radius 3 is 2.57 bits per heavy atom. The Balaban J connectivity index is 2.98. The van der Waals surface area contributed by atoms with Gasteiger partial charge in [-0.3, -0.25) is 4.79 Å². The zero-order valence-electron chi connectivity index (χ0n) is 4.77. The second-order valence-corrected chi connectivity index (χ2v) is 1.59. The highest BCUT2D eigenvalue weighted by Gasteiger charge is 1.89. The summed E-state index contributed by atoms with van der Waals surface area (Å²) in [7, 11) is 0. The first kappa shape index (κ1) is 6.47. The average Bonchev–Trinajstić information content (AvgIpc) is 1.68. The van der Waals surface area contributed by atoms with Crippen LogP contribution >= 0.6 is 0 Å². The summed E-state index contributed by atoms with van der Waals surface area (Å²) in [6, 6.07) is 0.331. The maximum Gasteiger partial charge on any atom is 0.207 e. The molecule has 0 saturated carbocycles. The van der Waals surface area contributed by atoms with Crippen LogP contribution in [-0.4, -0.2) is 12.5 Å². The van der Waals surface area contributed by atoms with Crippen LogP contribution in [0.1, 0.15) is 20.3 Å². The van der Waals surface area contributed by atoms with E-state index in [0.29, 0.717) is 6.04 Å². The van der Waals surface area contributed by atoms with E-state index in [9.17, 15) is 4.79 Å². The second kappa shape index (κ2) is 3.65. The minimum atomic E-state index is 0.331. The molecule has 0 spiro atoms. The van der Waals surface area contributed by atoms with Crippen LogP contribution in [0, 0.1) is 0 Å². The van der Waals surface area contributed by atoms with Gasteiger partial charge in [0.25, 0.3) is 0 Å². The molecule has 0 aromatic carbocycles. The Bertz CT molecular complexity index is 54.0. The van der Waals surface area contributed by atoms with Crippen molar-refractivity contribution in [2.45, 2.75) is 26.3 Å². The third-order valence-electron chi connectivity index (χ3n) is 0.965. The van der Waals surface area contributed by atoms with Crippen LogP contribution in [0.4, 0.5) is 0 Å². The zero-order valence-corrected chi connectivity index (χ0v) is 4.77. The van der Waals surface area contributed by atoms with Crippen LogP contribution in [0.15, 0.2) is 0 Å². The molecule has 0 bridgehead atoms. The van der Waals surface area contributed by atoms with E-state index < -0.39 is 0 Å². The van der Waals surface area contributed by atoms with Crippen LogP contribution in [0.2, 0.25) is 0 Å². The molecule has 0 radical (unpaired) electrons. The molecule has 1 N–H and O–H groups in total. The summed E-state index contributed by atoms with van der Waals surface area (Å²) in [6.07, 6.45) is 1.73. The summed E-state index contributed by atoms with van der Waals surface area (Å²) in [6.45, 7) is 4.00. The van der Waals surface area contributed by atoms with Gasteiger partial charge < -0.3 is 5.32 Å². The summed E-state index contributed by atoms with van der Waals surface area (Å²) < 4.78 is 0. The molecule has 0 fully saturated rings. The molecule has 0 aliphatic carbocycles. The number of hydrogen-bond donors (Lipinski definition) is 1. The van der Waals surface area contributed by atoms with E-state index >= 15 is 0 Å². The number of hydrogen-bond acceptors (Lipinski definition) is 1. The van der Waals surface area contributed by atoms with E-state index in [-0.39, 0.29) is 0 Å². The predicted octanol–water partition coefficient (Wildman–Crippen LogP) is 0.531. The molecule has 0 aromatic heterocycles. The summed E-state index contributed by atoms with van der Waals surface area (Å²) >= 11 is 0. The van der Waals surface area contributed by atoms with E-state index in [4.69, 9.17) is 0 Å². The first-order chi connectivity index (χ1) is 3.31. The number of amides is 1. The van der Waals surface area contributed by atoms with Gasteiger partial charge in [0.05, 0.1) is 0 Å². The van der Waals surface area contributed by atoms with Gasteiger partial charge in [-0.25, -0.2) is 0 Å². The lowest BCUT2D eigenvalue weighted by Crippen LogP contribution is -2.22. The van der Waals surface area contributed by atoms with E-state index in [1.165, 1.54) is 0 Å². The van der Waals surface area contributed by atoms with Crippen molar-refractivity contribution in [3.63, 3.8) is 0 Å². The van der Waals surface area contributed by atoms with Crippen LogP contribution in [-0.2, 0) is 4.79 Å². The van der Waals surface area contributed by atoms with Crippen LogP contribution < -0.4 is 5.32 Å². The van der Waals surface area contributed by atoms with Gasteiger partial charge in [-0.15, -0.1) is 0 Å². The van der Waals surface area contributed by atoms with Crippen molar-refractivity contribution in [3.05, 3.63) is 0 Å². The second-order valence-electron chi connectivity index (χ2n) is 1.59. The van der Waals surface area contributed by atoms with E-state index in [1.54, 1.807) is 0 Å². The summed E-state index contributed by atoms with van der Waals surface area (Å²) in [5, 5.41) is 2.61. The third kappa shape index (κ3) is 3.30. The smallest absolute Gasteiger partial charge is 0.207 e. The molecule has 42 valence electrons. The van der Waals surface area contributed by atoms with Gasteiger partial charge in [0.2, 0.25) is 6.41 Å². The van der Waals surface area contributed by atoms with Gasteiger partial charge in [0, 0.05) is 6.04 Å². The molecule has 1 atom stereocenters. The van der Waals surface area contributed by atoms with Gasteiger partial charge in [0.15, 0.2) is 0 Å². The Morgan fingerprint density at radius 2 is 2.43 bits per heavy atom. The van der Waals surface area contributed by atoms with E-state index in [2.05, 4.69) is 5.32 Å². The van der Waals surface area contributed by atoms with Crippen LogP contribution in [0.3, 0.4) is 0 Å². The minimum Gasteiger partial charge on any atom is -0.356 e. The highest BCUT2D eigenvalue weighted by molar-refractivity contribution is 5.46. The molecule has 0 rings (SSSR count). The van der Waals surface area contributed by atoms with Crippen molar-refractivity contribution in [2.24, 2.45) is 0 Å². The van der Waals surface area contributed by atoms with Crippen LogP contribution in [0.5, 0.6) is 0 Å². The quantitative estimate of drug-likeness (QED) is 0.516. The fourth-order valence-corrected chi connectivity index (χ4v) is 0.234. The number of carbonyl (C=O) groups excluding carboxylic acids is 1. The van der Waals surface area contributed by atoms with Gasteiger partial charge in [-0.1, -0.05) is 6.92 Å². The molecule has 0 saturated heterocycles. The van der Waals surface area contributed by atoms with Gasteiger partial charge in [0.1, 0.15) is 0 Å². The highest BCUT2D eigenvalue weighted by Crippen LogP contribution is 1.82. The molecule has 1 amide bonds. The lowest BCUT2D eigenvalue weighted by molar-refractivity contribution is -0.110. The molecule has 2 nitrogen and oxygen atoms in total. The summed E-state index contributed by atoms with van der Waals surface area (Å²) in [5.74, 6) is 0. The Kier molecular flexibility index (Phi) is 3.38. The molecular formula is C5H11NO. The number of nitrogens with one attached hydrogen (secondary N) is 1. The number of rotatable bonds is 3. The predicted molar refractivity (Wildman–Crippen MR) is 29.0 cm³/mol. The summed E-state index contributed by atoms with van der Waals surface area (Å²) in [5.41, 5.74) is 0. The van der Waals surface area contributed by atoms with Gasteiger partial charge in [-0.2, -0.15) is 0 Å². The fourth-order valence-electron chi connectivity index (χ4n) is 0.234. The number of carbonyl (C=O) groups is 1. The molecule has 0 heterocycles. The van der Waals surface area contributed by atoms with Crippen molar-refractivity contribution >= 4 is 6.41 Å². The van der Waals surface area contributed by atoms with E-state index in [0.717, 1.165) is 12.8 Å². The Labute approximate surface area is 43.9 Å². The SMILES string of the molecule is CC[C@H](C)NC=O. The van der Waals surface area contributed by atoms with Gasteiger partial charge >= 0.3 is 0 Å². The first-order valence-corrected chi connectivity index (χ1v) is 2.51. The largest absolute Gasteiger partial charge is 0.356 e. The van der Waals surface area contributed by atoms with Crippen molar-refractivity contribution in [2.75, 3.05) is 0 Å². The third-order valence-corrected chi connectivity index (χ3v) is 0.965. The first-order valence-electron chi connectivity index (χ1n) is 2.51. The normalized spacial score (nSPS) is 12.9. The average molecular weight is 101 g/mol. The van der Waals surface area contributed by atoms with Crippen molar-refractivity contribution in [1.82, 2.24) is 5.32 Å². The molecular weight excluding hydrogens is 90.1 g/mol. The fraction of sp³-hybridized carbons (Fsp3) is 0.800. The Morgan fingerprint density at radius 1 is 1.86 bits per heavy atom. The molecule has 0 unspecified atom stereocenters. The van der Waals surface area contributed by atoms with Crippen molar-refractivity contribution in [3.8, 4) is 0 Å².